The Morgan fingerprint density at radius 3 is 2.28 bits per heavy atom. The number of carbonyl (C=O) groups excluding carboxylic acids is 2. The quantitative estimate of drug-likeness (QED) is 0.391. The van der Waals surface area contributed by atoms with Crippen LogP contribution in [0.2, 0.25) is 0 Å². The van der Waals surface area contributed by atoms with Gasteiger partial charge in [-0.1, -0.05) is 37.3 Å². The van der Waals surface area contributed by atoms with Crippen LogP contribution in [0, 0.1) is 5.92 Å². The summed E-state index contributed by atoms with van der Waals surface area (Å²) in [6.45, 7) is 4.68. The molecule has 0 atom stereocenters. The SMILES string of the molecule is CC1CCN(C(=O)c2ccc(NCC(=O)Nc3ccccc3OCCOc3ccccc3)cc2)CC1. The molecule has 0 aliphatic carbocycles. The first-order chi connectivity index (χ1) is 17.6. The van der Waals surface area contributed by atoms with E-state index in [1.165, 1.54) is 0 Å². The molecule has 4 rings (SSSR count). The van der Waals surface area contributed by atoms with Crippen molar-refractivity contribution in [3.05, 3.63) is 84.4 Å². The van der Waals surface area contributed by atoms with Gasteiger partial charge in [0.25, 0.3) is 5.91 Å². The van der Waals surface area contributed by atoms with Crippen LogP contribution in [0.4, 0.5) is 11.4 Å². The Hall–Kier alpha value is -4.00. The molecule has 1 fully saturated rings. The Morgan fingerprint density at radius 2 is 1.53 bits per heavy atom. The standard InChI is InChI=1S/C29H33N3O4/c1-22-15-17-32(18-16-22)29(34)23-11-13-24(14-12-23)30-21-28(33)31-26-9-5-6-10-27(26)36-20-19-35-25-7-3-2-4-8-25/h2-14,22,30H,15-21H2,1H3,(H,31,33). The third kappa shape index (κ3) is 7.25. The number of benzene rings is 3. The first-order valence-corrected chi connectivity index (χ1v) is 12.4. The van der Waals surface area contributed by atoms with Crippen LogP contribution in [0.5, 0.6) is 11.5 Å². The van der Waals surface area contributed by atoms with E-state index in [0.29, 0.717) is 36.1 Å². The third-order valence-electron chi connectivity index (χ3n) is 6.17. The highest BCUT2D eigenvalue weighted by molar-refractivity contribution is 5.96. The number of nitrogens with zero attached hydrogens (tertiary/aromatic N) is 1. The number of carbonyl (C=O) groups is 2. The Kier molecular flexibility index (Phi) is 8.81. The van der Waals surface area contributed by atoms with Gasteiger partial charge in [-0.15, -0.1) is 0 Å². The van der Waals surface area contributed by atoms with Gasteiger partial charge in [-0.2, -0.15) is 0 Å². The lowest BCUT2D eigenvalue weighted by atomic mass is 9.98. The molecule has 1 saturated heterocycles. The molecule has 36 heavy (non-hydrogen) atoms. The van der Waals surface area contributed by atoms with E-state index in [1.807, 2.05) is 65.6 Å². The van der Waals surface area contributed by atoms with Crippen LogP contribution >= 0.6 is 0 Å². The van der Waals surface area contributed by atoms with Crippen molar-refractivity contribution < 1.29 is 19.1 Å². The molecule has 0 unspecified atom stereocenters. The van der Waals surface area contributed by atoms with Crippen LogP contribution < -0.4 is 20.1 Å². The molecule has 0 saturated carbocycles. The summed E-state index contributed by atoms with van der Waals surface area (Å²) in [5, 5.41) is 6.00. The van der Waals surface area contributed by atoms with E-state index in [0.717, 1.165) is 37.4 Å². The minimum Gasteiger partial charge on any atom is -0.490 e. The molecule has 7 nitrogen and oxygen atoms in total. The van der Waals surface area contributed by atoms with Crippen molar-refractivity contribution >= 4 is 23.2 Å². The average molecular weight is 488 g/mol. The van der Waals surface area contributed by atoms with E-state index in [-0.39, 0.29) is 18.4 Å². The van der Waals surface area contributed by atoms with E-state index >= 15 is 0 Å². The Labute approximate surface area is 212 Å². The smallest absolute Gasteiger partial charge is 0.253 e. The van der Waals surface area contributed by atoms with Crippen LogP contribution in [0.1, 0.15) is 30.1 Å². The molecule has 2 amide bonds. The average Bonchev–Trinajstić information content (AvgIpc) is 2.92. The summed E-state index contributed by atoms with van der Waals surface area (Å²) in [4.78, 5) is 27.2. The van der Waals surface area contributed by atoms with Crippen molar-refractivity contribution in [3.8, 4) is 11.5 Å². The third-order valence-corrected chi connectivity index (χ3v) is 6.17. The van der Waals surface area contributed by atoms with Gasteiger partial charge in [-0.05, 0) is 67.3 Å². The molecular formula is C29H33N3O4. The van der Waals surface area contributed by atoms with Crippen LogP contribution in [0.3, 0.4) is 0 Å². The summed E-state index contributed by atoms with van der Waals surface area (Å²) in [5.74, 6) is 1.91. The molecule has 7 heteroatoms. The summed E-state index contributed by atoms with van der Waals surface area (Å²) < 4.78 is 11.5. The number of nitrogens with one attached hydrogen (secondary N) is 2. The van der Waals surface area contributed by atoms with Gasteiger partial charge >= 0.3 is 0 Å². The molecule has 1 aliphatic rings. The minimum atomic E-state index is -0.200. The number of anilines is 2. The largest absolute Gasteiger partial charge is 0.490 e. The van der Waals surface area contributed by atoms with Gasteiger partial charge in [0.15, 0.2) is 0 Å². The lowest BCUT2D eigenvalue weighted by molar-refractivity contribution is -0.114. The number of hydrogen-bond acceptors (Lipinski definition) is 5. The number of amides is 2. The van der Waals surface area contributed by atoms with E-state index in [9.17, 15) is 9.59 Å². The number of hydrogen-bond donors (Lipinski definition) is 2. The monoisotopic (exact) mass is 487 g/mol. The highest BCUT2D eigenvalue weighted by atomic mass is 16.5. The van der Waals surface area contributed by atoms with Crippen molar-refractivity contribution in [1.82, 2.24) is 4.90 Å². The number of para-hydroxylation sites is 3. The van der Waals surface area contributed by atoms with Crippen molar-refractivity contribution in [3.63, 3.8) is 0 Å². The first kappa shape index (κ1) is 25.1. The van der Waals surface area contributed by atoms with Crippen molar-refractivity contribution in [2.24, 2.45) is 5.92 Å². The van der Waals surface area contributed by atoms with Crippen LogP contribution in [0.25, 0.3) is 0 Å². The van der Waals surface area contributed by atoms with Gasteiger partial charge in [-0.3, -0.25) is 9.59 Å². The molecule has 0 bridgehead atoms. The van der Waals surface area contributed by atoms with E-state index < -0.39 is 0 Å². The summed E-state index contributed by atoms with van der Waals surface area (Å²) in [6, 6.07) is 24.1. The fourth-order valence-electron chi connectivity index (χ4n) is 4.03. The van der Waals surface area contributed by atoms with Crippen LogP contribution in [0.15, 0.2) is 78.9 Å². The maximum atomic E-state index is 12.7. The van der Waals surface area contributed by atoms with Gasteiger partial charge in [-0.25, -0.2) is 0 Å². The molecule has 2 N–H and O–H groups in total. The van der Waals surface area contributed by atoms with E-state index in [1.54, 1.807) is 18.2 Å². The lowest BCUT2D eigenvalue weighted by Gasteiger charge is -2.30. The number of piperidine rings is 1. The fourth-order valence-corrected chi connectivity index (χ4v) is 4.03. The Bertz CT molecular complexity index is 1130. The Balaban J connectivity index is 1.22. The summed E-state index contributed by atoms with van der Waals surface area (Å²) >= 11 is 0. The summed E-state index contributed by atoms with van der Waals surface area (Å²) in [6.07, 6.45) is 2.10. The number of rotatable bonds is 10. The molecule has 0 radical (unpaired) electrons. The predicted octanol–water partition coefficient (Wildman–Crippen LogP) is 5.07. The molecule has 1 heterocycles. The van der Waals surface area contributed by atoms with Crippen LogP contribution in [-0.4, -0.2) is 49.6 Å². The molecule has 188 valence electrons. The van der Waals surface area contributed by atoms with Gasteiger partial charge in [0.2, 0.25) is 5.91 Å². The van der Waals surface area contributed by atoms with E-state index in [2.05, 4.69) is 17.6 Å². The summed E-state index contributed by atoms with van der Waals surface area (Å²) in [5.41, 5.74) is 2.04. The summed E-state index contributed by atoms with van der Waals surface area (Å²) in [7, 11) is 0. The topological polar surface area (TPSA) is 79.9 Å². The van der Waals surface area contributed by atoms with Crippen molar-refractivity contribution in [1.29, 1.82) is 0 Å². The normalized spacial score (nSPS) is 13.6. The van der Waals surface area contributed by atoms with Gasteiger partial charge in [0.05, 0.1) is 12.2 Å². The zero-order chi connectivity index (χ0) is 25.2. The molecular weight excluding hydrogens is 454 g/mol. The zero-order valence-corrected chi connectivity index (χ0v) is 20.6. The molecule has 3 aromatic rings. The van der Waals surface area contributed by atoms with Crippen LogP contribution in [-0.2, 0) is 4.79 Å². The molecule has 0 aromatic heterocycles. The molecule has 0 spiro atoms. The second-order valence-corrected chi connectivity index (χ2v) is 8.96. The second kappa shape index (κ2) is 12.6. The van der Waals surface area contributed by atoms with Crippen molar-refractivity contribution in [2.45, 2.75) is 19.8 Å². The highest BCUT2D eigenvalue weighted by Gasteiger charge is 2.21. The zero-order valence-electron chi connectivity index (χ0n) is 20.6. The predicted molar refractivity (Wildman–Crippen MR) is 142 cm³/mol. The second-order valence-electron chi connectivity index (χ2n) is 8.96. The minimum absolute atomic E-state index is 0.0666. The Morgan fingerprint density at radius 1 is 0.861 bits per heavy atom. The maximum absolute atomic E-state index is 12.7. The fraction of sp³-hybridized carbons (Fsp3) is 0.310. The van der Waals surface area contributed by atoms with Gasteiger partial charge < -0.3 is 25.0 Å². The number of likely N-dealkylation sites (tertiary alicyclic amines) is 1. The van der Waals surface area contributed by atoms with Gasteiger partial charge in [0, 0.05) is 24.3 Å². The first-order valence-electron chi connectivity index (χ1n) is 12.4. The van der Waals surface area contributed by atoms with Crippen molar-refractivity contribution in [2.75, 3.05) is 43.5 Å². The number of ether oxygens (including phenoxy) is 2. The maximum Gasteiger partial charge on any atom is 0.253 e. The highest BCUT2D eigenvalue weighted by Crippen LogP contribution is 2.24. The van der Waals surface area contributed by atoms with Gasteiger partial charge in [0.1, 0.15) is 24.7 Å². The lowest BCUT2D eigenvalue weighted by Crippen LogP contribution is -2.37. The van der Waals surface area contributed by atoms with E-state index in [4.69, 9.17) is 9.47 Å². The molecule has 3 aromatic carbocycles. The molecule has 1 aliphatic heterocycles.